The zero-order valence-corrected chi connectivity index (χ0v) is 12.4. The number of aliphatic hydroxyl groups excluding tert-OH is 1. The highest BCUT2D eigenvalue weighted by atomic mass is 16.3. The van der Waals surface area contributed by atoms with Crippen molar-refractivity contribution in [3.05, 3.63) is 29.1 Å². The van der Waals surface area contributed by atoms with Gasteiger partial charge in [0.25, 0.3) is 5.91 Å². The number of aromatic nitrogens is 2. The number of amides is 1. The Morgan fingerprint density at radius 3 is 2.85 bits per heavy atom. The maximum atomic E-state index is 12.4. The van der Waals surface area contributed by atoms with Crippen LogP contribution in [0.3, 0.4) is 0 Å². The Morgan fingerprint density at radius 2 is 2.25 bits per heavy atom. The summed E-state index contributed by atoms with van der Waals surface area (Å²) in [7, 11) is 0. The van der Waals surface area contributed by atoms with Crippen LogP contribution in [0.1, 0.15) is 41.5 Å². The Kier molecular flexibility index (Phi) is 4.60. The first-order valence-electron chi connectivity index (χ1n) is 7.20. The molecule has 20 heavy (non-hydrogen) atoms. The first kappa shape index (κ1) is 14.8. The third-order valence-corrected chi connectivity index (χ3v) is 3.77. The Labute approximate surface area is 119 Å². The minimum Gasteiger partial charge on any atom is -0.396 e. The largest absolute Gasteiger partial charge is 0.396 e. The molecule has 0 bridgehead atoms. The van der Waals surface area contributed by atoms with Gasteiger partial charge in [-0.1, -0.05) is 19.1 Å². The molecule has 1 heterocycles. The molecule has 0 spiro atoms. The van der Waals surface area contributed by atoms with E-state index in [0.29, 0.717) is 5.56 Å². The van der Waals surface area contributed by atoms with Crippen LogP contribution in [0.5, 0.6) is 0 Å². The van der Waals surface area contributed by atoms with Crippen LogP contribution in [0.25, 0.3) is 0 Å². The fourth-order valence-corrected chi connectivity index (χ4v) is 2.71. The molecule has 1 aliphatic carbocycles. The molecule has 2 rings (SSSR count). The van der Waals surface area contributed by atoms with E-state index in [9.17, 15) is 4.79 Å². The molecule has 0 aromatic carbocycles. The van der Waals surface area contributed by atoms with Crippen molar-refractivity contribution in [3.63, 3.8) is 0 Å². The van der Waals surface area contributed by atoms with Gasteiger partial charge in [0, 0.05) is 30.8 Å². The van der Waals surface area contributed by atoms with Crippen molar-refractivity contribution in [1.29, 1.82) is 0 Å². The van der Waals surface area contributed by atoms with Crippen LogP contribution in [0, 0.1) is 19.8 Å². The Morgan fingerprint density at radius 1 is 1.50 bits per heavy atom. The van der Waals surface area contributed by atoms with Crippen LogP contribution < -0.4 is 5.32 Å². The second kappa shape index (κ2) is 6.22. The van der Waals surface area contributed by atoms with Crippen molar-refractivity contribution in [2.75, 3.05) is 6.61 Å². The van der Waals surface area contributed by atoms with Crippen molar-refractivity contribution in [2.24, 2.45) is 5.92 Å². The zero-order chi connectivity index (χ0) is 14.7. The van der Waals surface area contributed by atoms with E-state index in [0.717, 1.165) is 30.8 Å². The standard InChI is InChI=1S/C15H23N3O2/c1-4-7-18-11(3)14(10(2)17-18)15(20)16-13-6-5-12(8-13)9-19/h5-6,12-13,19H,4,7-9H2,1-3H3,(H,16,20)/t12-,13+/m0/s1. The summed E-state index contributed by atoms with van der Waals surface area (Å²) in [6.45, 7) is 6.86. The van der Waals surface area contributed by atoms with Gasteiger partial charge in [-0.2, -0.15) is 5.10 Å². The van der Waals surface area contributed by atoms with Gasteiger partial charge in [-0.3, -0.25) is 9.48 Å². The van der Waals surface area contributed by atoms with Crippen LogP contribution in [-0.4, -0.2) is 33.4 Å². The summed E-state index contributed by atoms with van der Waals surface area (Å²) in [4.78, 5) is 12.4. The number of carbonyl (C=O) groups is 1. The van der Waals surface area contributed by atoms with E-state index in [1.54, 1.807) is 0 Å². The summed E-state index contributed by atoms with van der Waals surface area (Å²) in [6, 6.07) is 0.00738. The Hall–Kier alpha value is -1.62. The van der Waals surface area contributed by atoms with E-state index in [4.69, 9.17) is 5.11 Å². The van der Waals surface area contributed by atoms with Crippen molar-refractivity contribution >= 4 is 5.91 Å². The number of hydrogen-bond acceptors (Lipinski definition) is 3. The fourth-order valence-electron chi connectivity index (χ4n) is 2.71. The normalized spacial score (nSPS) is 21.4. The molecule has 1 aromatic heterocycles. The lowest BCUT2D eigenvalue weighted by molar-refractivity contribution is 0.0939. The molecule has 0 radical (unpaired) electrons. The van der Waals surface area contributed by atoms with Gasteiger partial charge in [0.1, 0.15) is 0 Å². The minimum atomic E-state index is -0.0735. The molecule has 0 saturated heterocycles. The predicted octanol–water partition coefficient (Wildman–Crippen LogP) is 1.58. The molecule has 110 valence electrons. The molecule has 1 amide bonds. The van der Waals surface area contributed by atoms with E-state index in [1.165, 1.54) is 0 Å². The SMILES string of the molecule is CCCn1nc(C)c(C(=O)N[C@@H]2C=C[C@H](CO)C2)c1C. The van der Waals surface area contributed by atoms with E-state index < -0.39 is 0 Å². The lowest BCUT2D eigenvalue weighted by Gasteiger charge is -2.13. The minimum absolute atomic E-state index is 0.00738. The van der Waals surface area contributed by atoms with Gasteiger partial charge in [0.05, 0.1) is 11.3 Å². The molecule has 2 atom stereocenters. The van der Waals surface area contributed by atoms with Crippen molar-refractivity contribution in [1.82, 2.24) is 15.1 Å². The molecule has 1 aromatic rings. The average molecular weight is 277 g/mol. The maximum absolute atomic E-state index is 12.4. The quantitative estimate of drug-likeness (QED) is 0.803. The van der Waals surface area contributed by atoms with E-state index in [2.05, 4.69) is 17.3 Å². The first-order chi connectivity index (χ1) is 9.56. The number of nitrogens with zero attached hydrogens (tertiary/aromatic N) is 2. The molecule has 0 saturated carbocycles. The Bertz CT molecular complexity index is 519. The van der Waals surface area contributed by atoms with Crippen LogP contribution in [0.2, 0.25) is 0 Å². The van der Waals surface area contributed by atoms with E-state index >= 15 is 0 Å². The highest BCUT2D eigenvalue weighted by Gasteiger charge is 2.23. The number of nitrogens with one attached hydrogen (secondary N) is 1. The van der Waals surface area contributed by atoms with E-state index in [-0.39, 0.29) is 24.5 Å². The maximum Gasteiger partial charge on any atom is 0.255 e. The molecular weight excluding hydrogens is 254 g/mol. The summed E-state index contributed by atoms with van der Waals surface area (Å²) in [6.07, 6.45) is 5.68. The fraction of sp³-hybridized carbons (Fsp3) is 0.600. The van der Waals surface area contributed by atoms with Crippen LogP contribution >= 0.6 is 0 Å². The summed E-state index contributed by atoms with van der Waals surface area (Å²) in [5.41, 5.74) is 2.37. The van der Waals surface area contributed by atoms with Gasteiger partial charge < -0.3 is 10.4 Å². The van der Waals surface area contributed by atoms with E-state index in [1.807, 2.05) is 30.7 Å². The number of rotatable bonds is 5. The average Bonchev–Trinajstić information content (AvgIpc) is 2.95. The molecule has 0 fully saturated rings. The molecule has 1 aliphatic rings. The smallest absolute Gasteiger partial charge is 0.255 e. The zero-order valence-electron chi connectivity index (χ0n) is 12.4. The molecule has 5 heteroatoms. The lowest BCUT2D eigenvalue weighted by Crippen LogP contribution is -2.33. The number of hydrogen-bond donors (Lipinski definition) is 2. The van der Waals surface area contributed by atoms with Crippen molar-refractivity contribution in [2.45, 2.75) is 46.2 Å². The molecular formula is C15H23N3O2. The van der Waals surface area contributed by atoms with Gasteiger partial charge in [-0.05, 0) is 26.7 Å². The summed E-state index contributed by atoms with van der Waals surface area (Å²) in [5.74, 6) is 0.0842. The third-order valence-electron chi connectivity index (χ3n) is 3.77. The Balaban J connectivity index is 2.08. The molecule has 2 N–H and O–H groups in total. The monoisotopic (exact) mass is 277 g/mol. The van der Waals surface area contributed by atoms with Crippen LogP contribution in [-0.2, 0) is 6.54 Å². The van der Waals surface area contributed by atoms with Gasteiger partial charge in [0.2, 0.25) is 0 Å². The highest BCUT2D eigenvalue weighted by Crippen LogP contribution is 2.19. The second-order valence-corrected chi connectivity index (χ2v) is 5.41. The highest BCUT2D eigenvalue weighted by molar-refractivity contribution is 5.96. The van der Waals surface area contributed by atoms with Gasteiger partial charge in [0.15, 0.2) is 0 Å². The van der Waals surface area contributed by atoms with Crippen LogP contribution in [0.4, 0.5) is 0 Å². The van der Waals surface area contributed by atoms with Gasteiger partial charge in [-0.15, -0.1) is 0 Å². The molecule has 0 aliphatic heterocycles. The molecule has 0 unspecified atom stereocenters. The van der Waals surface area contributed by atoms with Crippen molar-refractivity contribution in [3.8, 4) is 0 Å². The predicted molar refractivity (Wildman–Crippen MR) is 77.6 cm³/mol. The van der Waals surface area contributed by atoms with Gasteiger partial charge >= 0.3 is 0 Å². The number of carbonyl (C=O) groups excluding carboxylic acids is 1. The van der Waals surface area contributed by atoms with Gasteiger partial charge in [-0.25, -0.2) is 0 Å². The summed E-state index contributed by atoms with van der Waals surface area (Å²) >= 11 is 0. The summed E-state index contributed by atoms with van der Waals surface area (Å²) in [5, 5.41) is 16.5. The number of aliphatic hydroxyl groups is 1. The molecule has 5 nitrogen and oxygen atoms in total. The number of aryl methyl sites for hydroxylation is 2. The van der Waals surface area contributed by atoms with Crippen molar-refractivity contribution < 1.29 is 9.90 Å². The lowest BCUT2D eigenvalue weighted by atomic mass is 10.1. The second-order valence-electron chi connectivity index (χ2n) is 5.41. The van der Waals surface area contributed by atoms with Crippen LogP contribution in [0.15, 0.2) is 12.2 Å². The third kappa shape index (κ3) is 2.93. The summed E-state index contributed by atoms with van der Waals surface area (Å²) < 4.78 is 1.89. The topological polar surface area (TPSA) is 67.2 Å². The first-order valence-corrected chi connectivity index (χ1v) is 7.20.